The highest BCUT2D eigenvalue weighted by molar-refractivity contribution is 7.16. The van der Waals surface area contributed by atoms with Gasteiger partial charge in [-0.25, -0.2) is 0 Å². The van der Waals surface area contributed by atoms with Crippen molar-refractivity contribution in [3.8, 4) is 0 Å². The lowest BCUT2D eigenvalue weighted by Gasteiger charge is -2.08. The molecule has 15 heavy (non-hydrogen) atoms. The van der Waals surface area contributed by atoms with Gasteiger partial charge in [0.1, 0.15) is 0 Å². The standard InChI is InChI=1S/C11H17ClN2S/c12-11-2-1-10(15-11)4-6-14-8-9-3-5-13-7-9/h1-2,9,13-14H,3-8H2. The van der Waals surface area contributed by atoms with Gasteiger partial charge >= 0.3 is 0 Å². The Balaban J connectivity index is 1.58. The molecule has 1 aliphatic heterocycles. The van der Waals surface area contributed by atoms with E-state index in [1.807, 2.05) is 6.07 Å². The lowest BCUT2D eigenvalue weighted by Crippen LogP contribution is -2.26. The van der Waals surface area contributed by atoms with Crippen LogP contribution in [0.5, 0.6) is 0 Å². The molecule has 1 aromatic rings. The van der Waals surface area contributed by atoms with Gasteiger partial charge in [0.2, 0.25) is 0 Å². The Bertz CT molecular complexity index is 295. The molecule has 2 heterocycles. The van der Waals surface area contributed by atoms with Crippen molar-refractivity contribution in [2.75, 3.05) is 26.2 Å². The summed E-state index contributed by atoms with van der Waals surface area (Å²) in [4.78, 5) is 1.37. The summed E-state index contributed by atoms with van der Waals surface area (Å²) in [6.45, 7) is 4.57. The minimum Gasteiger partial charge on any atom is -0.316 e. The fraction of sp³-hybridized carbons (Fsp3) is 0.636. The summed E-state index contributed by atoms with van der Waals surface area (Å²) in [5.41, 5.74) is 0. The van der Waals surface area contributed by atoms with Gasteiger partial charge in [-0.05, 0) is 57.1 Å². The minimum atomic E-state index is 0.830. The molecule has 2 N–H and O–H groups in total. The summed E-state index contributed by atoms with van der Waals surface area (Å²) in [5, 5.41) is 6.89. The predicted molar refractivity (Wildman–Crippen MR) is 66.9 cm³/mol. The predicted octanol–water partition coefficient (Wildman–Crippen LogP) is 2.14. The highest BCUT2D eigenvalue weighted by Gasteiger charge is 2.13. The van der Waals surface area contributed by atoms with Gasteiger partial charge in [-0.15, -0.1) is 11.3 Å². The summed E-state index contributed by atoms with van der Waals surface area (Å²) in [5.74, 6) is 0.830. The Labute approximate surface area is 100 Å². The maximum atomic E-state index is 5.87. The van der Waals surface area contributed by atoms with E-state index in [1.165, 1.54) is 24.4 Å². The Morgan fingerprint density at radius 3 is 3.13 bits per heavy atom. The summed E-state index contributed by atoms with van der Waals surface area (Å²) in [7, 11) is 0. The zero-order valence-corrected chi connectivity index (χ0v) is 10.3. The third-order valence-electron chi connectivity index (χ3n) is 2.77. The van der Waals surface area contributed by atoms with Crippen LogP contribution >= 0.6 is 22.9 Å². The monoisotopic (exact) mass is 244 g/mol. The number of hydrogen-bond acceptors (Lipinski definition) is 3. The molecular weight excluding hydrogens is 228 g/mol. The zero-order valence-electron chi connectivity index (χ0n) is 8.76. The molecule has 0 aromatic carbocycles. The molecule has 1 atom stereocenters. The zero-order chi connectivity index (χ0) is 10.5. The van der Waals surface area contributed by atoms with Gasteiger partial charge in [-0.3, -0.25) is 0 Å². The molecule has 1 aromatic heterocycles. The van der Waals surface area contributed by atoms with E-state index >= 15 is 0 Å². The molecule has 1 saturated heterocycles. The highest BCUT2D eigenvalue weighted by Crippen LogP contribution is 2.21. The van der Waals surface area contributed by atoms with Crippen molar-refractivity contribution in [3.63, 3.8) is 0 Å². The van der Waals surface area contributed by atoms with Crippen LogP contribution in [0.2, 0.25) is 4.34 Å². The van der Waals surface area contributed by atoms with E-state index in [0.717, 1.165) is 29.8 Å². The second kappa shape index (κ2) is 5.85. The van der Waals surface area contributed by atoms with Crippen molar-refractivity contribution in [1.82, 2.24) is 10.6 Å². The molecule has 0 aliphatic carbocycles. The van der Waals surface area contributed by atoms with Crippen molar-refractivity contribution < 1.29 is 0 Å². The Hall–Kier alpha value is -0.0900. The molecular formula is C11H17ClN2S. The first-order valence-corrected chi connectivity index (χ1v) is 6.69. The van der Waals surface area contributed by atoms with Crippen molar-refractivity contribution in [3.05, 3.63) is 21.3 Å². The molecule has 4 heteroatoms. The van der Waals surface area contributed by atoms with E-state index in [9.17, 15) is 0 Å². The first kappa shape index (κ1) is 11.4. The lowest BCUT2D eigenvalue weighted by molar-refractivity contribution is 0.515. The van der Waals surface area contributed by atoms with Crippen LogP contribution in [-0.2, 0) is 6.42 Å². The smallest absolute Gasteiger partial charge is 0.0931 e. The number of hydrogen-bond donors (Lipinski definition) is 2. The molecule has 0 bridgehead atoms. The molecule has 1 fully saturated rings. The summed E-state index contributed by atoms with van der Waals surface area (Å²) in [6.07, 6.45) is 2.41. The molecule has 1 aliphatic rings. The van der Waals surface area contributed by atoms with Crippen LogP contribution in [0, 0.1) is 5.92 Å². The van der Waals surface area contributed by atoms with Gasteiger partial charge in [-0.2, -0.15) is 0 Å². The summed E-state index contributed by atoms with van der Waals surface area (Å²) in [6, 6.07) is 4.09. The molecule has 0 saturated carbocycles. The van der Waals surface area contributed by atoms with Gasteiger partial charge < -0.3 is 10.6 Å². The molecule has 2 nitrogen and oxygen atoms in total. The maximum Gasteiger partial charge on any atom is 0.0931 e. The SMILES string of the molecule is Clc1ccc(CCNCC2CCNC2)s1. The second-order valence-corrected chi connectivity index (χ2v) is 5.82. The van der Waals surface area contributed by atoms with Crippen LogP contribution in [0.15, 0.2) is 12.1 Å². The average molecular weight is 245 g/mol. The van der Waals surface area contributed by atoms with Gasteiger partial charge in [-0.1, -0.05) is 11.6 Å². The molecule has 84 valence electrons. The fourth-order valence-corrected chi connectivity index (χ4v) is 2.98. The number of nitrogens with one attached hydrogen (secondary N) is 2. The number of rotatable bonds is 5. The van der Waals surface area contributed by atoms with E-state index < -0.39 is 0 Å². The van der Waals surface area contributed by atoms with E-state index in [1.54, 1.807) is 11.3 Å². The average Bonchev–Trinajstić information content (AvgIpc) is 2.84. The first-order chi connectivity index (χ1) is 7.34. The molecule has 1 unspecified atom stereocenters. The van der Waals surface area contributed by atoms with Crippen LogP contribution in [0.3, 0.4) is 0 Å². The Morgan fingerprint density at radius 1 is 1.53 bits per heavy atom. The second-order valence-electron chi connectivity index (χ2n) is 4.02. The van der Waals surface area contributed by atoms with E-state index in [0.29, 0.717) is 0 Å². The van der Waals surface area contributed by atoms with Crippen LogP contribution in [0.25, 0.3) is 0 Å². The van der Waals surface area contributed by atoms with Crippen LogP contribution in [0.1, 0.15) is 11.3 Å². The third-order valence-corrected chi connectivity index (χ3v) is 4.06. The molecule has 2 rings (SSSR count). The van der Waals surface area contributed by atoms with Crippen molar-refractivity contribution in [1.29, 1.82) is 0 Å². The third kappa shape index (κ3) is 3.76. The van der Waals surface area contributed by atoms with Gasteiger partial charge in [0.15, 0.2) is 0 Å². The topological polar surface area (TPSA) is 24.1 Å². The maximum absolute atomic E-state index is 5.87. The van der Waals surface area contributed by atoms with Gasteiger partial charge in [0, 0.05) is 4.88 Å². The minimum absolute atomic E-state index is 0.830. The molecule has 0 spiro atoms. The van der Waals surface area contributed by atoms with E-state index in [-0.39, 0.29) is 0 Å². The van der Waals surface area contributed by atoms with Crippen molar-refractivity contribution in [2.45, 2.75) is 12.8 Å². The van der Waals surface area contributed by atoms with Crippen LogP contribution < -0.4 is 10.6 Å². The number of thiophene rings is 1. The highest BCUT2D eigenvalue weighted by atomic mass is 35.5. The Kier molecular flexibility index (Phi) is 4.44. The van der Waals surface area contributed by atoms with E-state index in [2.05, 4.69) is 16.7 Å². The Morgan fingerprint density at radius 2 is 2.47 bits per heavy atom. The lowest BCUT2D eigenvalue weighted by atomic mass is 10.1. The van der Waals surface area contributed by atoms with Crippen LogP contribution in [-0.4, -0.2) is 26.2 Å². The number of halogens is 1. The molecule has 0 radical (unpaired) electrons. The van der Waals surface area contributed by atoms with Crippen molar-refractivity contribution in [2.24, 2.45) is 5.92 Å². The first-order valence-electron chi connectivity index (χ1n) is 5.50. The van der Waals surface area contributed by atoms with Crippen LogP contribution in [0.4, 0.5) is 0 Å². The quantitative estimate of drug-likeness (QED) is 0.776. The van der Waals surface area contributed by atoms with E-state index in [4.69, 9.17) is 11.6 Å². The largest absolute Gasteiger partial charge is 0.316 e. The fourth-order valence-electron chi connectivity index (χ4n) is 1.89. The normalized spacial score (nSPS) is 21.0. The summed E-state index contributed by atoms with van der Waals surface area (Å²) < 4.78 is 0.894. The van der Waals surface area contributed by atoms with Crippen molar-refractivity contribution >= 4 is 22.9 Å². The summed E-state index contributed by atoms with van der Waals surface area (Å²) >= 11 is 7.55. The van der Waals surface area contributed by atoms with Gasteiger partial charge in [0.25, 0.3) is 0 Å². The van der Waals surface area contributed by atoms with Gasteiger partial charge in [0.05, 0.1) is 4.34 Å². The molecule has 0 amide bonds.